The molecule has 0 unspecified atom stereocenters. The molecule has 0 fully saturated rings. The fourth-order valence-electron chi connectivity index (χ4n) is 1.16. The van der Waals surface area contributed by atoms with E-state index in [1.54, 1.807) is 18.5 Å². The molecule has 0 aromatic carbocycles. The molecule has 0 aliphatic rings. The van der Waals surface area contributed by atoms with Crippen molar-refractivity contribution in [2.45, 2.75) is 17.0 Å². The number of nitrogens with zero attached hydrogens (tertiary/aromatic N) is 2. The SMILES string of the molecule is CC(=O)c1ccc(Sc2ccccn2)nc1. The summed E-state index contributed by atoms with van der Waals surface area (Å²) in [6.07, 6.45) is 3.33. The molecule has 0 amide bonds. The zero-order chi connectivity index (χ0) is 11.4. The standard InChI is InChI=1S/C12H10N2OS/c1-9(15)10-5-6-12(14-8-10)16-11-4-2-3-7-13-11/h2-8H,1H3. The fraction of sp³-hybridized carbons (Fsp3) is 0.0833. The first kappa shape index (κ1) is 10.8. The molecule has 80 valence electrons. The van der Waals surface area contributed by atoms with Gasteiger partial charge in [0, 0.05) is 18.0 Å². The van der Waals surface area contributed by atoms with Crippen LogP contribution in [0.15, 0.2) is 52.8 Å². The van der Waals surface area contributed by atoms with Crippen molar-refractivity contribution in [3.05, 3.63) is 48.3 Å². The van der Waals surface area contributed by atoms with Gasteiger partial charge in [0.1, 0.15) is 10.1 Å². The predicted molar refractivity (Wildman–Crippen MR) is 62.6 cm³/mol. The smallest absolute Gasteiger partial charge is 0.161 e. The van der Waals surface area contributed by atoms with Crippen LogP contribution in [0.1, 0.15) is 17.3 Å². The van der Waals surface area contributed by atoms with Crippen molar-refractivity contribution in [3.8, 4) is 0 Å². The Kier molecular flexibility index (Phi) is 3.31. The lowest BCUT2D eigenvalue weighted by atomic mass is 10.2. The molecule has 3 nitrogen and oxygen atoms in total. The molecule has 0 bridgehead atoms. The highest BCUT2D eigenvalue weighted by Gasteiger charge is 2.02. The largest absolute Gasteiger partial charge is 0.294 e. The summed E-state index contributed by atoms with van der Waals surface area (Å²) in [4.78, 5) is 19.4. The van der Waals surface area contributed by atoms with Crippen molar-refractivity contribution in [2.75, 3.05) is 0 Å². The lowest BCUT2D eigenvalue weighted by Crippen LogP contribution is -1.93. The Morgan fingerprint density at radius 3 is 2.50 bits per heavy atom. The van der Waals surface area contributed by atoms with E-state index in [4.69, 9.17) is 0 Å². The van der Waals surface area contributed by atoms with Crippen molar-refractivity contribution in [2.24, 2.45) is 0 Å². The zero-order valence-electron chi connectivity index (χ0n) is 8.75. The molecule has 0 spiro atoms. The normalized spacial score (nSPS) is 10.1. The van der Waals surface area contributed by atoms with E-state index in [-0.39, 0.29) is 5.78 Å². The van der Waals surface area contributed by atoms with E-state index in [9.17, 15) is 4.79 Å². The van der Waals surface area contributed by atoms with Gasteiger partial charge in [-0.15, -0.1) is 0 Å². The lowest BCUT2D eigenvalue weighted by molar-refractivity contribution is 0.101. The van der Waals surface area contributed by atoms with Crippen LogP contribution in [-0.4, -0.2) is 15.8 Å². The van der Waals surface area contributed by atoms with Crippen LogP contribution in [0, 0.1) is 0 Å². The van der Waals surface area contributed by atoms with Crippen molar-refractivity contribution >= 4 is 17.5 Å². The first-order valence-corrected chi connectivity index (χ1v) is 5.63. The number of pyridine rings is 2. The monoisotopic (exact) mass is 230 g/mol. The Hall–Kier alpha value is -1.68. The van der Waals surface area contributed by atoms with Gasteiger partial charge >= 0.3 is 0 Å². The molecule has 16 heavy (non-hydrogen) atoms. The van der Waals surface area contributed by atoms with E-state index in [2.05, 4.69) is 9.97 Å². The van der Waals surface area contributed by atoms with Crippen LogP contribution in [0.2, 0.25) is 0 Å². The Labute approximate surface area is 97.9 Å². The van der Waals surface area contributed by atoms with E-state index >= 15 is 0 Å². The number of carbonyl (C=O) groups excluding carboxylic acids is 1. The van der Waals surface area contributed by atoms with E-state index in [0.717, 1.165) is 10.1 Å². The van der Waals surface area contributed by atoms with Gasteiger partial charge in [0.2, 0.25) is 0 Å². The molecule has 0 N–H and O–H groups in total. The molecule has 0 radical (unpaired) electrons. The van der Waals surface area contributed by atoms with Crippen LogP contribution in [0.5, 0.6) is 0 Å². The second-order valence-electron chi connectivity index (χ2n) is 3.21. The van der Waals surface area contributed by atoms with E-state index in [0.29, 0.717) is 5.56 Å². The molecule has 0 atom stereocenters. The fourth-order valence-corrected chi connectivity index (χ4v) is 1.88. The first-order valence-electron chi connectivity index (χ1n) is 4.81. The van der Waals surface area contributed by atoms with Crippen molar-refractivity contribution in [3.63, 3.8) is 0 Å². The summed E-state index contributed by atoms with van der Waals surface area (Å²) in [7, 11) is 0. The van der Waals surface area contributed by atoms with Crippen molar-refractivity contribution < 1.29 is 4.79 Å². The molecule has 2 aromatic rings. The Morgan fingerprint density at radius 1 is 1.12 bits per heavy atom. The van der Waals surface area contributed by atoms with Gasteiger partial charge in [-0.1, -0.05) is 17.8 Å². The minimum Gasteiger partial charge on any atom is -0.294 e. The molecule has 0 saturated heterocycles. The first-order chi connectivity index (χ1) is 7.75. The molecule has 2 rings (SSSR count). The zero-order valence-corrected chi connectivity index (χ0v) is 9.57. The van der Waals surface area contributed by atoms with Crippen LogP contribution in [0.25, 0.3) is 0 Å². The quantitative estimate of drug-likeness (QED) is 0.760. The number of carbonyl (C=O) groups is 1. The highest BCUT2D eigenvalue weighted by atomic mass is 32.2. The van der Waals surface area contributed by atoms with Gasteiger partial charge in [0.05, 0.1) is 0 Å². The molecule has 0 aliphatic heterocycles. The Morgan fingerprint density at radius 2 is 1.94 bits per heavy atom. The Bertz CT molecular complexity index is 482. The summed E-state index contributed by atoms with van der Waals surface area (Å²) in [6, 6.07) is 9.33. The third-order valence-corrected chi connectivity index (χ3v) is 2.89. The van der Waals surface area contributed by atoms with Gasteiger partial charge in [-0.25, -0.2) is 9.97 Å². The number of Topliss-reactive ketones (excluding diaryl/α,β-unsaturated/α-hetero) is 1. The summed E-state index contributed by atoms with van der Waals surface area (Å²) in [5.74, 6) is 0.0295. The molecule has 4 heteroatoms. The molecular formula is C12H10N2OS. The van der Waals surface area contributed by atoms with Crippen molar-refractivity contribution in [1.29, 1.82) is 0 Å². The van der Waals surface area contributed by atoms with Gasteiger partial charge in [-0.2, -0.15) is 0 Å². The molecular weight excluding hydrogens is 220 g/mol. The highest BCUT2D eigenvalue weighted by molar-refractivity contribution is 7.99. The minimum absolute atomic E-state index is 0.0295. The van der Waals surface area contributed by atoms with Crippen LogP contribution >= 0.6 is 11.8 Å². The maximum atomic E-state index is 11.1. The summed E-state index contributed by atoms with van der Waals surface area (Å²) in [6.45, 7) is 1.53. The van der Waals surface area contributed by atoms with E-state index in [1.165, 1.54) is 18.7 Å². The molecule has 2 heterocycles. The maximum absolute atomic E-state index is 11.1. The van der Waals surface area contributed by atoms with Gasteiger partial charge in [0.25, 0.3) is 0 Å². The number of rotatable bonds is 3. The number of hydrogen-bond donors (Lipinski definition) is 0. The van der Waals surface area contributed by atoms with Gasteiger partial charge in [-0.05, 0) is 31.2 Å². The number of ketones is 1. The van der Waals surface area contributed by atoms with Crippen LogP contribution in [0.4, 0.5) is 0 Å². The molecule has 2 aromatic heterocycles. The predicted octanol–water partition coefficient (Wildman–Crippen LogP) is 2.83. The number of aromatic nitrogens is 2. The third-order valence-electron chi connectivity index (χ3n) is 1.99. The van der Waals surface area contributed by atoms with Crippen LogP contribution in [0.3, 0.4) is 0 Å². The third kappa shape index (κ3) is 2.67. The lowest BCUT2D eigenvalue weighted by Gasteiger charge is -2.00. The summed E-state index contributed by atoms with van der Waals surface area (Å²) >= 11 is 1.47. The van der Waals surface area contributed by atoms with Crippen molar-refractivity contribution in [1.82, 2.24) is 9.97 Å². The van der Waals surface area contributed by atoms with Gasteiger partial charge in [0.15, 0.2) is 5.78 Å². The summed E-state index contributed by atoms with van der Waals surface area (Å²) < 4.78 is 0. The average Bonchev–Trinajstić information content (AvgIpc) is 2.31. The van der Waals surface area contributed by atoms with E-state index in [1.807, 2.05) is 24.3 Å². The average molecular weight is 230 g/mol. The second-order valence-corrected chi connectivity index (χ2v) is 4.25. The molecule has 0 saturated carbocycles. The second kappa shape index (κ2) is 4.90. The van der Waals surface area contributed by atoms with Crippen LogP contribution in [-0.2, 0) is 0 Å². The van der Waals surface area contributed by atoms with E-state index < -0.39 is 0 Å². The summed E-state index contributed by atoms with van der Waals surface area (Å²) in [5.41, 5.74) is 0.630. The summed E-state index contributed by atoms with van der Waals surface area (Å²) in [5, 5.41) is 1.73. The van der Waals surface area contributed by atoms with Crippen LogP contribution < -0.4 is 0 Å². The van der Waals surface area contributed by atoms with Gasteiger partial charge in [-0.3, -0.25) is 4.79 Å². The molecule has 0 aliphatic carbocycles. The Balaban J connectivity index is 2.14. The van der Waals surface area contributed by atoms with Gasteiger partial charge < -0.3 is 0 Å². The minimum atomic E-state index is 0.0295. The maximum Gasteiger partial charge on any atom is 0.161 e. The number of hydrogen-bond acceptors (Lipinski definition) is 4. The topological polar surface area (TPSA) is 42.9 Å². The highest BCUT2D eigenvalue weighted by Crippen LogP contribution is 2.23.